The zero-order valence-corrected chi connectivity index (χ0v) is 21.9. The summed E-state index contributed by atoms with van der Waals surface area (Å²) in [6.45, 7) is 0.193. The van der Waals surface area contributed by atoms with E-state index in [0.29, 0.717) is 5.75 Å². The van der Waals surface area contributed by atoms with Crippen LogP contribution in [0.25, 0.3) is 0 Å². The minimum atomic E-state index is -3.68. The number of nitrogens with zero attached hydrogens (tertiary/aromatic N) is 2. The van der Waals surface area contributed by atoms with E-state index in [1.165, 1.54) is 61.8 Å². The smallest absolute Gasteiger partial charge is 0.258 e. The van der Waals surface area contributed by atoms with Crippen molar-refractivity contribution in [1.82, 2.24) is 13.9 Å². The van der Waals surface area contributed by atoms with Gasteiger partial charge in [-0.3, -0.25) is 4.79 Å². The third-order valence-electron chi connectivity index (χ3n) is 5.34. The van der Waals surface area contributed by atoms with Crippen molar-refractivity contribution >= 4 is 26.0 Å². The number of hydrogen-bond donors (Lipinski definition) is 1. The van der Waals surface area contributed by atoms with Gasteiger partial charge >= 0.3 is 0 Å². The van der Waals surface area contributed by atoms with Gasteiger partial charge in [0.15, 0.2) is 6.61 Å². The molecule has 1 N–H and O–H groups in total. The molecule has 0 fully saturated rings. The van der Waals surface area contributed by atoms with Crippen LogP contribution in [0.15, 0.2) is 88.7 Å². The first-order valence-electron chi connectivity index (χ1n) is 11.0. The van der Waals surface area contributed by atoms with Crippen molar-refractivity contribution in [3.8, 4) is 5.75 Å². The molecule has 0 spiro atoms. The number of carbonyl (C=O) groups excluding carboxylic acids is 1. The van der Waals surface area contributed by atoms with Gasteiger partial charge in [0.1, 0.15) is 5.75 Å². The largest absolute Gasteiger partial charge is 0.484 e. The summed E-state index contributed by atoms with van der Waals surface area (Å²) in [4.78, 5) is 12.4. The lowest BCUT2D eigenvalue weighted by Gasteiger charge is -2.17. The van der Waals surface area contributed by atoms with Gasteiger partial charge in [-0.25, -0.2) is 21.1 Å². The molecule has 3 aromatic carbocycles. The molecular weight excluding hydrogens is 502 g/mol. The molecule has 36 heavy (non-hydrogen) atoms. The normalized spacial score (nSPS) is 12.0. The molecule has 0 saturated carbocycles. The number of benzene rings is 3. The minimum absolute atomic E-state index is 0.123. The zero-order valence-electron chi connectivity index (χ0n) is 20.3. The lowest BCUT2D eigenvalue weighted by molar-refractivity contribution is -0.123. The molecule has 0 aliphatic carbocycles. The summed E-state index contributed by atoms with van der Waals surface area (Å²) in [5.74, 6) is -0.0210. The maximum Gasteiger partial charge on any atom is 0.258 e. The topological polar surface area (TPSA) is 113 Å². The van der Waals surface area contributed by atoms with Crippen LogP contribution in [0, 0.1) is 0 Å². The molecule has 0 unspecified atom stereocenters. The fourth-order valence-corrected chi connectivity index (χ4v) is 5.26. The van der Waals surface area contributed by atoms with E-state index >= 15 is 0 Å². The lowest BCUT2D eigenvalue weighted by Crippen LogP contribution is -2.28. The molecule has 0 heterocycles. The van der Waals surface area contributed by atoms with E-state index in [1.807, 2.05) is 30.3 Å². The van der Waals surface area contributed by atoms with E-state index in [4.69, 9.17) is 4.74 Å². The Balaban J connectivity index is 1.50. The van der Waals surface area contributed by atoms with E-state index in [-0.39, 0.29) is 35.4 Å². The number of amides is 1. The highest BCUT2D eigenvalue weighted by Crippen LogP contribution is 2.20. The minimum Gasteiger partial charge on any atom is -0.484 e. The average molecular weight is 532 g/mol. The van der Waals surface area contributed by atoms with Crippen LogP contribution >= 0.6 is 0 Å². The van der Waals surface area contributed by atoms with Gasteiger partial charge in [-0.15, -0.1) is 0 Å². The van der Waals surface area contributed by atoms with Gasteiger partial charge in [-0.2, -0.15) is 4.31 Å². The van der Waals surface area contributed by atoms with E-state index in [1.54, 1.807) is 12.1 Å². The van der Waals surface area contributed by atoms with Gasteiger partial charge in [-0.1, -0.05) is 42.5 Å². The molecule has 1 amide bonds. The second-order valence-corrected chi connectivity index (χ2v) is 12.4. The number of hydrogen-bond acceptors (Lipinski definition) is 6. The maximum atomic E-state index is 12.8. The Morgan fingerprint density at radius 1 is 0.750 bits per heavy atom. The summed E-state index contributed by atoms with van der Waals surface area (Å²) in [6.07, 6.45) is 0. The predicted octanol–water partition coefficient (Wildman–Crippen LogP) is 2.45. The number of carbonyl (C=O) groups is 1. The van der Waals surface area contributed by atoms with E-state index in [2.05, 4.69) is 5.32 Å². The molecule has 0 aliphatic heterocycles. The van der Waals surface area contributed by atoms with Gasteiger partial charge in [0.2, 0.25) is 20.0 Å². The monoisotopic (exact) mass is 531 g/mol. The van der Waals surface area contributed by atoms with Gasteiger partial charge in [0.05, 0.1) is 9.79 Å². The first-order valence-corrected chi connectivity index (χ1v) is 13.9. The van der Waals surface area contributed by atoms with Crippen LogP contribution in [0.2, 0.25) is 0 Å². The second kappa shape index (κ2) is 11.7. The van der Waals surface area contributed by atoms with E-state index in [9.17, 15) is 21.6 Å². The van der Waals surface area contributed by atoms with Crippen LogP contribution in [0.3, 0.4) is 0 Å². The molecule has 9 nitrogen and oxygen atoms in total. The average Bonchev–Trinajstić information content (AvgIpc) is 2.87. The SMILES string of the molecule is CN(C)S(=O)(=O)c1ccc(CNC(=O)COc2ccc(S(=O)(=O)N(C)Cc3ccccc3)cc2)cc1. The van der Waals surface area contributed by atoms with Crippen molar-refractivity contribution < 1.29 is 26.4 Å². The summed E-state index contributed by atoms with van der Waals surface area (Å²) in [7, 11) is -2.76. The van der Waals surface area contributed by atoms with E-state index in [0.717, 1.165) is 15.4 Å². The summed E-state index contributed by atoms with van der Waals surface area (Å²) < 4.78 is 57.8. The molecule has 3 aromatic rings. The Kier molecular flexibility index (Phi) is 8.85. The summed E-state index contributed by atoms with van der Waals surface area (Å²) in [5, 5.41) is 2.70. The molecule has 0 aromatic heterocycles. The Morgan fingerprint density at radius 3 is 1.89 bits per heavy atom. The molecule has 11 heteroatoms. The van der Waals surface area contributed by atoms with Gasteiger partial charge < -0.3 is 10.1 Å². The maximum absolute atomic E-state index is 12.8. The van der Waals surface area contributed by atoms with Crippen LogP contribution < -0.4 is 10.1 Å². The molecular formula is C25H29N3O6S2. The first-order chi connectivity index (χ1) is 17.0. The number of ether oxygens (including phenoxy) is 1. The highest BCUT2D eigenvalue weighted by molar-refractivity contribution is 7.89. The van der Waals surface area contributed by atoms with Crippen molar-refractivity contribution in [3.05, 3.63) is 90.0 Å². The van der Waals surface area contributed by atoms with Gasteiger partial charge in [0.25, 0.3) is 5.91 Å². The zero-order chi connectivity index (χ0) is 26.3. The third-order valence-corrected chi connectivity index (χ3v) is 8.99. The number of rotatable bonds is 11. The van der Waals surface area contributed by atoms with Crippen LogP contribution in [0.1, 0.15) is 11.1 Å². The summed E-state index contributed by atoms with van der Waals surface area (Å²) >= 11 is 0. The number of sulfonamides is 2. The van der Waals surface area contributed by atoms with Crippen molar-refractivity contribution in [3.63, 3.8) is 0 Å². The van der Waals surface area contributed by atoms with E-state index < -0.39 is 20.0 Å². The Morgan fingerprint density at radius 2 is 1.31 bits per heavy atom. The third kappa shape index (κ3) is 6.91. The van der Waals surface area contributed by atoms with Crippen LogP contribution in [-0.2, 0) is 37.9 Å². The van der Waals surface area contributed by atoms with Crippen LogP contribution in [0.5, 0.6) is 5.75 Å². The molecule has 0 aliphatic rings. The van der Waals surface area contributed by atoms with Gasteiger partial charge in [0, 0.05) is 34.2 Å². The predicted molar refractivity (Wildman–Crippen MR) is 136 cm³/mol. The number of nitrogens with one attached hydrogen (secondary N) is 1. The van der Waals surface area contributed by atoms with Crippen LogP contribution in [0.4, 0.5) is 0 Å². The Labute approximate surface area is 212 Å². The summed E-state index contributed by atoms with van der Waals surface area (Å²) in [6, 6.07) is 21.4. The molecule has 0 radical (unpaired) electrons. The van der Waals surface area contributed by atoms with Crippen LogP contribution in [-0.4, -0.2) is 59.1 Å². The molecule has 0 bridgehead atoms. The van der Waals surface area contributed by atoms with Crippen molar-refractivity contribution in [2.45, 2.75) is 22.9 Å². The molecule has 0 atom stereocenters. The highest BCUT2D eigenvalue weighted by Gasteiger charge is 2.21. The fourth-order valence-electron chi connectivity index (χ4n) is 3.20. The molecule has 192 valence electrons. The second-order valence-electron chi connectivity index (χ2n) is 8.21. The molecule has 0 saturated heterocycles. The Hall–Kier alpha value is -3.25. The van der Waals surface area contributed by atoms with Crippen molar-refractivity contribution in [1.29, 1.82) is 0 Å². The Bertz CT molecular complexity index is 1370. The summed E-state index contributed by atoms with van der Waals surface area (Å²) in [5.41, 5.74) is 1.61. The molecule has 3 rings (SSSR count). The highest BCUT2D eigenvalue weighted by atomic mass is 32.2. The van der Waals surface area contributed by atoms with Crippen molar-refractivity contribution in [2.75, 3.05) is 27.7 Å². The fraction of sp³-hybridized carbons (Fsp3) is 0.240. The first kappa shape index (κ1) is 27.3. The lowest BCUT2D eigenvalue weighted by atomic mass is 10.2. The van der Waals surface area contributed by atoms with Crippen molar-refractivity contribution in [2.24, 2.45) is 0 Å². The standard InChI is InChI=1S/C25H29N3O6S2/c1-27(2)35(30,31)23-13-9-20(10-14-23)17-26-25(29)19-34-22-11-15-24(16-12-22)36(32,33)28(3)18-21-7-5-4-6-8-21/h4-16H,17-19H2,1-3H3,(H,26,29). The van der Waals surface area contributed by atoms with Gasteiger partial charge in [-0.05, 0) is 47.5 Å². The quantitative estimate of drug-likeness (QED) is 0.407.